The number of aliphatic carboxylic acids is 2. The van der Waals surface area contributed by atoms with Crippen LogP contribution in [0.25, 0.3) is 11.1 Å². The number of carbonyl (C=O) groups is 3. The van der Waals surface area contributed by atoms with Gasteiger partial charge in [-0.1, -0.05) is 36.4 Å². The second-order valence-electron chi connectivity index (χ2n) is 8.64. The summed E-state index contributed by atoms with van der Waals surface area (Å²) in [6, 6.07) is 22.9. The predicted molar refractivity (Wildman–Crippen MR) is 149 cm³/mol. The maximum absolute atomic E-state index is 12.9. The van der Waals surface area contributed by atoms with Crippen molar-refractivity contribution in [2.24, 2.45) is 0 Å². The van der Waals surface area contributed by atoms with E-state index in [4.69, 9.17) is 20.2 Å². The highest BCUT2D eigenvalue weighted by Crippen LogP contribution is 2.27. The standard InChI is InChI=1S/C26H27N3O2.C4H4O4/c1-29(2)17-5-7-22-6-4-8-24(25(22)31-3)26(30)28-23-15-13-21(14-16-23)20-11-9-19(18-27)10-12-20;5-3(6)1-2-4(7)8/h4,6,8-16H,5,7,17H2,1-3H3,(H,28,30);1-2H,(H,5,6)(H,7,8)/b;2-1-. The lowest BCUT2D eigenvalue weighted by Gasteiger charge is -2.15. The van der Waals surface area contributed by atoms with Gasteiger partial charge in [-0.3, -0.25) is 4.79 Å². The summed E-state index contributed by atoms with van der Waals surface area (Å²) in [7, 11) is 5.70. The molecule has 0 saturated carbocycles. The fourth-order valence-corrected chi connectivity index (χ4v) is 3.61. The molecule has 0 atom stereocenters. The van der Waals surface area contributed by atoms with Crippen LogP contribution < -0.4 is 10.1 Å². The Kier molecular flexibility index (Phi) is 11.9. The Morgan fingerprint density at radius 1 is 0.923 bits per heavy atom. The van der Waals surface area contributed by atoms with E-state index in [0.717, 1.165) is 36.1 Å². The molecule has 0 aliphatic carbocycles. The number of rotatable bonds is 10. The van der Waals surface area contributed by atoms with E-state index in [-0.39, 0.29) is 5.91 Å². The minimum absolute atomic E-state index is 0.197. The largest absolute Gasteiger partial charge is 0.496 e. The number of carboxylic acid groups (broad SMARTS) is 2. The molecular formula is C30H31N3O6. The highest BCUT2D eigenvalue weighted by Gasteiger charge is 2.16. The van der Waals surface area contributed by atoms with E-state index < -0.39 is 11.9 Å². The third kappa shape index (κ3) is 10.1. The molecule has 0 heterocycles. The van der Waals surface area contributed by atoms with Crippen LogP contribution in [0.4, 0.5) is 5.69 Å². The van der Waals surface area contributed by atoms with Crippen molar-refractivity contribution in [1.82, 2.24) is 4.90 Å². The van der Waals surface area contributed by atoms with Gasteiger partial charge < -0.3 is 25.2 Å². The maximum atomic E-state index is 12.9. The third-order valence-corrected chi connectivity index (χ3v) is 5.46. The van der Waals surface area contributed by atoms with E-state index in [1.165, 1.54) is 0 Å². The van der Waals surface area contributed by atoms with Gasteiger partial charge in [-0.05, 0) is 80.5 Å². The molecule has 0 aliphatic heterocycles. The number of carbonyl (C=O) groups excluding carboxylic acids is 1. The summed E-state index contributed by atoms with van der Waals surface area (Å²) in [4.78, 5) is 34.2. The topological polar surface area (TPSA) is 140 Å². The summed E-state index contributed by atoms with van der Waals surface area (Å²) in [6.07, 6.45) is 2.96. The molecular weight excluding hydrogens is 498 g/mol. The molecule has 0 unspecified atom stereocenters. The van der Waals surface area contributed by atoms with Gasteiger partial charge in [0.2, 0.25) is 0 Å². The Hall–Kier alpha value is -4.94. The maximum Gasteiger partial charge on any atom is 0.328 e. The lowest BCUT2D eigenvalue weighted by Crippen LogP contribution is -2.15. The average Bonchev–Trinajstić information content (AvgIpc) is 2.92. The van der Waals surface area contributed by atoms with Gasteiger partial charge in [0.05, 0.1) is 24.3 Å². The van der Waals surface area contributed by atoms with Gasteiger partial charge in [0.25, 0.3) is 5.91 Å². The lowest BCUT2D eigenvalue weighted by molar-refractivity contribution is -0.134. The lowest BCUT2D eigenvalue weighted by atomic mass is 10.0. The van der Waals surface area contributed by atoms with E-state index in [2.05, 4.69) is 16.3 Å². The number of hydrogen-bond acceptors (Lipinski definition) is 6. The first-order valence-corrected chi connectivity index (χ1v) is 12.0. The highest BCUT2D eigenvalue weighted by molar-refractivity contribution is 6.06. The van der Waals surface area contributed by atoms with Gasteiger partial charge in [0, 0.05) is 17.8 Å². The SMILES string of the molecule is COc1c(CCCN(C)C)cccc1C(=O)Nc1ccc(-c2ccc(C#N)cc2)cc1.O=C(O)/C=C\C(=O)O. The first kappa shape index (κ1) is 30.3. The highest BCUT2D eigenvalue weighted by atomic mass is 16.5. The van der Waals surface area contributed by atoms with Gasteiger partial charge in [0.1, 0.15) is 5.75 Å². The van der Waals surface area contributed by atoms with Crippen LogP contribution >= 0.6 is 0 Å². The molecule has 3 aromatic rings. The van der Waals surface area contributed by atoms with Crippen LogP contribution in [0.2, 0.25) is 0 Å². The van der Waals surface area contributed by atoms with E-state index >= 15 is 0 Å². The van der Waals surface area contributed by atoms with Crippen molar-refractivity contribution >= 4 is 23.5 Å². The molecule has 0 bridgehead atoms. The van der Waals surface area contributed by atoms with Crippen molar-refractivity contribution < 1.29 is 29.3 Å². The van der Waals surface area contributed by atoms with Crippen LogP contribution in [0, 0.1) is 11.3 Å². The Balaban J connectivity index is 0.000000580. The molecule has 0 radical (unpaired) electrons. The summed E-state index contributed by atoms with van der Waals surface area (Å²) < 4.78 is 5.59. The minimum atomic E-state index is -1.26. The molecule has 0 aliphatic rings. The molecule has 9 nitrogen and oxygen atoms in total. The molecule has 39 heavy (non-hydrogen) atoms. The smallest absolute Gasteiger partial charge is 0.328 e. The minimum Gasteiger partial charge on any atom is -0.496 e. The van der Waals surface area contributed by atoms with Crippen molar-refractivity contribution in [3.8, 4) is 22.9 Å². The number of benzene rings is 3. The van der Waals surface area contributed by atoms with Gasteiger partial charge in [0.15, 0.2) is 0 Å². The van der Waals surface area contributed by atoms with E-state index in [1.807, 2.05) is 62.6 Å². The van der Waals surface area contributed by atoms with Crippen molar-refractivity contribution in [2.75, 3.05) is 33.1 Å². The second kappa shape index (κ2) is 15.3. The molecule has 3 N–H and O–H groups in total. The summed E-state index contributed by atoms with van der Waals surface area (Å²) in [5.41, 5.74) is 4.94. The number of nitriles is 1. The number of nitrogens with zero attached hydrogens (tertiary/aromatic N) is 2. The number of methoxy groups -OCH3 is 1. The Bertz CT molecular complexity index is 1320. The summed E-state index contributed by atoms with van der Waals surface area (Å²) >= 11 is 0. The molecule has 0 saturated heterocycles. The molecule has 0 aromatic heterocycles. The third-order valence-electron chi connectivity index (χ3n) is 5.46. The summed E-state index contributed by atoms with van der Waals surface area (Å²) in [5, 5.41) is 27.5. The van der Waals surface area contributed by atoms with Crippen LogP contribution in [-0.2, 0) is 16.0 Å². The van der Waals surface area contributed by atoms with Gasteiger partial charge in [-0.25, -0.2) is 9.59 Å². The van der Waals surface area contributed by atoms with Gasteiger partial charge in [-0.15, -0.1) is 0 Å². The second-order valence-corrected chi connectivity index (χ2v) is 8.64. The number of carboxylic acids is 2. The van der Waals surface area contributed by atoms with Crippen molar-refractivity contribution in [3.63, 3.8) is 0 Å². The van der Waals surface area contributed by atoms with Crippen LogP contribution in [-0.4, -0.2) is 60.7 Å². The van der Waals surface area contributed by atoms with Crippen molar-refractivity contribution in [2.45, 2.75) is 12.8 Å². The number of hydrogen-bond donors (Lipinski definition) is 3. The first-order chi connectivity index (χ1) is 18.6. The fourth-order valence-electron chi connectivity index (χ4n) is 3.61. The number of nitrogens with one attached hydrogen (secondary N) is 1. The zero-order chi connectivity index (χ0) is 28.8. The molecule has 1 amide bonds. The molecule has 9 heteroatoms. The van der Waals surface area contributed by atoms with Gasteiger partial charge in [-0.2, -0.15) is 5.26 Å². The summed E-state index contributed by atoms with van der Waals surface area (Å²) in [6.45, 7) is 0.977. The number of amides is 1. The van der Waals surface area contributed by atoms with Crippen LogP contribution in [0.1, 0.15) is 27.9 Å². The van der Waals surface area contributed by atoms with Crippen LogP contribution in [0.15, 0.2) is 78.9 Å². The van der Waals surface area contributed by atoms with Crippen LogP contribution in [0.5, 0.6) is 5.75 Å². The first-order valence-electron chi connectivity index (χ1n) is 12.0. The monoisotopic (exact) mass is 529 g/mol. The Morgan fingerprint density at radius 2 is 1.49 bits per heavy atom. The van der Waals surface area contributed by atoms with Gasteiger partial charge >= 0.3 is 11.9 Å². The number of ether oxygens (including phenoxy) is 1. The predicted octanol–water partition coefficient (Wildman–Crippen LogP) is 4.69. The van der Waals surface area contributed by atoms with E-state index in [9.17, 15) is 14.4 Å². The van der Waals surface area contributed by atoms with E-state index in [1.54, 1.807) is 25.3 Å². The Labute approximate surface area is 227 Å². The quantitative estimate of drug-likeness (QED) is 0.321. The number of aryl methyl sites for hydroxylation is 1. The van der Waals surface area contributed by atoms with E-state index in [0.29, 0.717) is 34.7 Å². The molecule has 3 aromatic carbocycles. The number of anilines is 1. The normalized spacial score (nSPS) is 10.3. The van der Waals surface area contributed by atoms with Crippen molar-refractivity contribution in [3.05, 3.63) is 95.6 Å². The molecule has 0 spiro atoms. The zero-order valence-electron chi connectivity index (χ0n) is 22.0. The van der Waals surface area contributed by atoms with Crippen LogP contribution in [0.3, 0.4) is 0 Å². The van der Waals surface area contributed by atoms with Crippen molar-refractivity contribution in [1.29, 1.82) is 5.26 Å². The number of para-hydroxylation sites is 1. The summed E-state index contributed by atoms with van der Waals surface area (Å²) in [5.74, 6) is -2.08. The fraction of sp³-hybridized carbons (Fsp3) is 0.200. The molecule has 0 fully saturated rings. The Morgan fingerprint density at radius 3 is 1.97 bits per heavy atom. The average molecular weight is 530 g/mol. The molecule has 3 rings (SSSR count). The zero-order valence-corrected chi connectivity index (χ0v) is 22.0. The molecule has 202 valence electrons.